The normalized spacial score (nSPS) is 10.8. The Kier molecular flexibility index (Phi) is 4.77. The van der Waals surface area contributed by atoms with Crippen LogP contribution < -0.4 is 15.7 Å². The molecule has 1 heterocycles. The van der Waals surface area contributed by atoms with Gasteiger partial charge in [-0.05, 0) is 37.1 Å². The molecular formula is C20H19NO6. The second-order valence-electron chi connectivity index (χ2n) is 6.26. The summed E-state index contributed by atoms with van der Waals surface area (Å²) in [6, 6.07) is 7.75. The van der Waals surface area contributed by atoms with Crippen molar-refractivity contribution >= 4 is 22.6 Å². The minimum absolute atomic E-state index is 0.0551. The minimum atomic E-state index is -0.698. The molecule has 140 valence electrons. The Bertz CT molecular complexity index is 1100. The van der Waals surface area contributed by atoms with E-state index in [-0.39, 0.29) is 34.5 Å². The van der Waals surface area contributed by atoms with Crippen LogP contribution in [0.15, 0.2) is 39.5 Å². The Morgan fingerprint density at radius 3 is 2.63 bits per heavy atom. The van der Waals surface area contributed by atoms with E-state index in [0.717, 1.165) is 11.6 Å². The summed E-state index contributed by atoms with van der Waals surface area (Å²) < 4.78 is 10.4. The molecule has 0 atom stereocenters. The van der Waals surface area contributed by atoms with Crippen LogP contribution in [0.4, 0.5) is 5.69 Å². The fraction of sp³-hybridized carbons (Fsp3) is 0.200. The largest absolute Gasteiger partial charge is 0.508 e. The van der Waals surface area contributed by atoms with Gasteiger partial charge < -0.3 is 24.7 Å². The van der Waals surface area contributed by atoms with Crippen LogP contribution in [-0.2, 0) is 11.2 Å². The van der Waals surface area contributed by atoms with Gasteiger partial charge in [-0.25, -0.2) is 4.79 Å². The third-order valence-electron chi connectivity index (χ3n) is 4.31. The molecule has 0 fully saturated rings. The third-order valence-corrected chi connectivity index (χ3v) is 4.31. The number of phenolic OH excluding ortho intramolecular Hbond substituents is 2. The summed E-state index contributed by atoms with van der Waals surface area (Å²) in [5, 5.41) is 22.6. The molecule has 27 heavy (non-hydrogen) atoms. The zero-order valence-corrected chi connectivity index (χ0v) is 15.1. The number of hydrogen-bond acceptors (Lipinski definition) is 6. The number of nitrogens with one attached hydrogen (secondary N) is 1. The summed E-state index contributed by atoms with van der Waals surface area (Å²) >= 11 is 0. The number of phenols is 2. The first kappa shape index (κ1) is 18.3. The number of hydrogen-bond donors (Lipinski definition) is 3. The average Bonchev–Trinajstić information content (AvgIpc) is 2.58. The zero-order valence-electron chi connectivity index (χ0n) is 15.1. The molecule has 0 saturated carbocycles. The molecule has 0 aliphatic carbocycles. The van der Waals surface area contributed by atoms with Crippen molar-refractivity contribution in [2.45, 2.75) is 20.3 Å². The lowest BCUT2D eigenvalue weighted by molar-refractivity contribution is -0.115. The molecule has 1 amide bonds. The van der Waals surface area contributed by atoms with Gasteiger partial charge in [-0.15, -0.1) is 0 Å². The number of fused-ring (bicyclic) bond motifs is 1. The monoisotopic (exact) mass is 369 g/mol. The number of aryl methyl sites for hydroxylation is 2. The van der Waals surface area contributed by atoms with Crippen molar-refractivity contribution in [2.75, 3.05) is 12.4 Å². The molecule has 1 aromatic heterocycles. The van der Waals surface area contributed by atoms with Crippen LogP contribution >= 0.6 is 0 Å². The van der Waals surface area contributed by atoms with Crippen molar-refractivity contribution in [3.05, 3.63) is 57.4 Å². The van der Waals surface area contributed by atoms with Gasteiger partial charge in [-0.1, -0.05) is 6.07 Å². The summed E-state index contributed by atoms with van der Waals surface area (Å²) in [7, 11) is 1.50. The van der Waals surface area contributed by atoms with Crippen molar-refractivity contribution in [3.8, 4) is 17.2 Å². The molecule has 0 saturated heterocycles. The summed E-state index contributed by atoms with van der Waals surface area (Å²) in [4.78, 5) is 24.8. The summed E-state index contributed by atoms with van der Waals surface area (Å²) in [5.41, 5.74) is 1.35. The van der Waals surface area contributed by atoms with Crippen LogP contribution in [-0.4, -0.2) is 23.2 Å². The first-order valence-electron chi connectivity index (χ1n) is 8.23. The van der Waals surface area contributed by atoms with Crippen molar-refractivity contribution in [2.24, 2.45) is 0 Å². The van der Waals surface area contributed by atoms with E-state index in [0.29, 0.717) is 17.0 Å². The van der Waals surface area contributed by atoms with E-state index in [4.69, 9.17) is 9.15 Å². The molecule has 3 rings (SSSR count). The standard InChI is InChI=1S/C20H19NO6/c1-10-4-5-16(26-3)14(6-10)21-18(24)9-13-11(2)19-15(23)7-12(22)8-17(19)27-20(13)25/h4-8,22-23H,9H2,1-3H3,(H,21,24). The maximum absolute atomic E-state index is 12.5. The summed E-state index contributed by atoms with van der Waals surface area (Å²) in [5.74, 6) is -0.371. The number of amides is 1. The van der Waals surface area contributed by atoms with Crippen LogP contribution in [0.3, 0.4) is 0 Å². The Hall–Kier alpha value is -3.48. The Morgan fingerprint density at radius 2 is 1.93 bits per heavy atom. The zero-order chi connectivity index (χ0) is 19.7. The number of carbonyl (C=O) groups excluding carboxylic acids is 1. The molecule has 7 nitrogen and oxygen atoms in total. The number of carbonyl (C=O) groups is 1. The van der Waals surface area contributed by atoms with E-state index in [1.165, 1.54) is 13.2 Å². The summed E-state index contributed by atoms with van der Waals surface area (Å²) in [6.07, 6.45) is -0.235. The van der Waals surface area contributed by atoms with E-state index in [2.05, 4.69) is 5.32 Å². The molecule has 0 aliphatic rings. The quantitative estimate of drug-likeness (QED) is 0.610. The van der Waals surface area contributed by atoms with Crippen LogP contribution in [0, 0.1) is 13.8 Å². The first-order valence-corrected chi connectivity index (χ1v) is 8.23. The fourth-order valence-corrected chi connectivity index (χ4v) is 2.99. The van der Waals surface area contributed by atoms with Gasteiger partial charge in [0, 0.05) is 12.1 Å². The molecule has 3 N–H and O–H groups in total. The van der Waals surface area contributed by atoms with Gasteiger partial charge in [0.05, 0.1) is 30.2 Å². The highest BCUT2D eigenvalue weighted by Crippen LogP contribution is 2.32. The third kappa shape index (κ3) is 3.57. The average molecular weight is 369 g/mol. The van der Waals surface area contributed by atoms with E-state index in [1.807, 2.05) is 13.0 Å². The highest BCUT2D eigenvalue weighted by Gasteiger charge is 2.18. The molecule has 0 aliphatic heterocycles. The number of ether oxygens (including phenoxy) is 1. The van der Waals surface area contributed by atoms with E-state index in [1.54, 1.807) is 19.1 Å². The Balaban J connectivity index is 1.96. The molecule has 0 spiro atoms. The first-order chi connectivity index (χ1) is 12.8. The van der Waals surface area contributed by atoms with Crippen LogP contribution in [0.25, 0.3) is 11.0 Å². The van der Waals surface area contributed by atoms with Crippen molar-refractivity contribution in [1.82, 2.24) is 0 Å². The molecule has 0 bridgehead atoms. The number of methoxy groups -OCH3 is 1. The van der Waals surface area contributed by atoms with Gasteiger partial charge in [-0.3, -0.25) is 4.79 Å². The second-order valence-corrected chi connectivity index (χ2v) is 6.26. The van der Waals surface area contributed by atoms with Gasteiger partial charge in [-0.2, -0.15) is 0 Å². The van der Waals surface area contributed by atoms with Crippen molar-refractivity contribution in [1.29, 1.82) is 0 Å². The fourth-order valence-electron chi connectivity index (χ4n) is 2.99. The molecule has 3 aromatic rings. The highest BCUT2D eigenvalue weighted by molar-refractivity contribution is 5.95. The van der Waals surface area contributed by atoms with E-state index >= 15 is 0 Å². The van der Waals surface area contributed by atoms with Crippen molar-refractivity contribution in [3.63, 3.8) is 0 Å². The van der Waals surface area contributed by atoms with Gasteiger partial charge in [0.1, 0.15) is 22.8 Å². The van der Waals surface area contributed by atoms with Gasteiger partial charge >= 0.3 is 5.63 Å². The lowest BCUT2D eigenvalue weighted by Gasteiger charge is -2.12. The Morgan fingerprint density at radius 1 is 1.19 bits per heavy atom. The van der Waals surface area contributed by atoms with E-state index in [9.17, 15) is 19.8 Å². The number of benzene rings is 2. The van der Waals surface area contributed by atoms with Crippen LogP contribution in [0.1, 0.15) is 16.7 Å². The molecule has 2 aromatic carbocycles. The second kappa shape index (κ2) is 7.03. The van der Waals surface area contributed by atoms with Crippen molar-refractivity contribution < 1.29 is 24.2 Å². The molecule has 0 unspecified atom stereocenters. The number of anilines is 1. The van der Waals surface area contributed by atoms with Gasteiger partial charge in [0.15, 0.2) is 0 Å². The van der Waals surface area contributed by atoms with E-state index < -0.39 is 11.5 Å². The maximum Gasteiger partial charge on any atom is 0.340 e. The molecule has 7 heteroatoms. The maximum atomic E-state index is 12.5. The SMILES string of the molecule is COc1ccc(C)cc1NC(=O)Cc1c(C)c2c(O)cc(O)cc2oc1=O. The predicted octanol–water partition coefficient (Wildman–Crippen LogP) is 3.01. The Labute approximate surface area is 154 Å². The van der Waals surface area contributed by atoms with Crippen LogP contribution in [0.2, 0.25) is 0 Å². The number of aromatic hydroxyl groups is 2. The predicted molar refractivity (Wildman–Crippen MR) is 101 cm³/mol. The summed E-state index contributed by atoms with van der Waals surface area (Å²) in [6.45, 7) is 3.50. The van der Waals surface area contributed by atoms with Crippen LogP contribution in [0.5, 0.6) is 17.2 Å². The lowest BCUT2D eigenvalue weighted by atomic mass is 10.0. The highest BCUT2D eigenvalue weighted by atomic mass is 16.5. The smallest absolute Gasteiger partial charge is 0.340 e. The molecular weight excluding hydrogens is 350 g/mol. The van der Waals surface area contributed by atoms with Gasteiger partial charge in [0.2, 0.25) is 5.91 Å². The molecule has 0 radical (unpaired) electrons. The number of rotatable bonds is 4. The minimum Gasteiger partial charge on any atom is -0.508 e. The lowest BCUT2D eigenvalue weighted by Crippen LogP contribution is -2.21. The van der Waals surface area contributed by atoms with Gasteiger partial charge in [0.25, 0.3) is 0 Å². The topological polar surface area (TPSA) is 109 Å².